The average molecular weight is 300 g/mol. The van der Waals surface area contributed by atoms with E-state index in [1.165, 1.54) is 18.1 Å². The molecule has 0 bridgehead atoms. The third-order valence-corrected chi connectivity index (χ3v) is 4.41. The van der Waals surface area contributed by atoms with Gasteiger partial charge in [0.1, 0.15) is 0 Å². The van der Waals surface area contributed by atoms with Gasteiger partial charge < -0.3 is 11.1 Å². The molecule has 1 amide bonds. The van der Waals surface area contributed by atoms with E-state index in [0.717, 1.165) is 10.6 Å². The summed E-state index contributed by atoms with van der Waals surface area (Å²) >= 11 is 1.74. The summed E-state index contributed by atoms with van der Waals surface area (Å²) in [7, 11) is 0. The number of hydrogen-bond donors (Lipinski definition) is 2. The van der Waals surface area contributed by atoms with Crippen molar-refractivity contribution >= 4 is 23.4 Å². The molecule has 1 atom stereocenters. The monoisotopic (exact) mass is 300 g/mol. The normalized spacial score (nSPS) is 12.0. The molecule has 3 nitrogen and oxygen atoms in total. The van der Waals surface area contributed by atoms with Gasteiger partial charge in [-0.05, 0) is 36.8 Å². The standard InChI is InChI=1S/C17H20N2OS/c1-12-3-5-14(6-4-12)17(11-18)21-16-9-7-15(8-10-16)19-13(2)20/h3-10,17H,11,18H2,1-2H3,(H,19,20). The number of nitrogens with two attached hydrogens (primary N) is 1. The van der Waals surface area contributed by atoms with Crippen molar-refractivity contribution in [1.29, 1.82) is 0 Å². The number of benzene rings is 2. The van der Waals surface area contributed by atoms with E-state index in [1.54, 1.807) is 11.8 Å². The number of carbonyl (C=O) groups excluding carboxylic acids is 1. The number of aryl methyl sites for hydroxylation is 1. The lowest BCUT2D eigenvalue weighted by atomic mass is 10.1. The summed E-state index contributed by atoms with van der Waals surface area (Å²) in [4.78, 5) is 12.1. The van der Waals surface area contributed by atoms with Crippen molar-refractivity contribution in [3.8, 4) is 0 Å². The molecule has 0 aromatic heterocycles. The Morgan fingerprint density at radius 2 is 1.76 bits per heavy atom. The molecule has 2 aromatic carbocycles. The van der Waals surface area contributed by atoms with Crippen LogP contribution in [0.3, 0.4) is 0 Å². The molecular weight excluding hydrogens is 280 g/mol. The predicted molar refractivity (Wildman–Crippen MR) is 89.6 cm³/mol. The highest BCUT2D eigenvalue weighted by atomic mass is 32.2. The molecule has 0 radical (unpaired) electrons. The summed E-state index contributed by atoms with van der Waals surface area (Å²) in [6.07, 6.45) is 0. The lowest BCUT2D eigenvalue weighted by Gasteiger charge is -2.15. The maximum absolute atomic E-state index is 11.0. The van der Waals surface area contributed by atoms with Gasteiger partial charge >= 0.3 is 0 Å². The molecule has 0 fully saturated rings. The Morgan fingerprint density at radius 3 is 2.29 bits per heavy atom. The molecule has 0 saturated carbocycles. The Hall–Kier alpha value is -1.78. The van der Waals surface area contributed by atoms with E-state index in [1.807, 2.05) is 24.3 Å². The highest BCUT2D eigenvalue weighted by Gasteiger charge is 2.11. The van der Waals surface area contributed by atoms with Gasteiger partial charge in [-0.1, -0.05) is 29.8 Å². The van der Waals surface area contributed by atoms with E-state index in [0.29, 0.717) is 6.54 Å². The Balaban J connectivity index is 2.07. The van der Waals surface area contributed by atoms with E-state index in [9.17, 15) is 4.79 Å². The fraction of sp³-hybridized carbons (Fsp3) is 0.235. The first kappa shape index (κ1) is 15.6. The SMILES string of the molecule is CC(=O)Nc1ccc(SC(CN)c2ccc(C)cc2)cc1. The lowest BCUT2D eigenvalue weighted by Crippen LogP contribution is -2.09. The summed E-state index contributed by atoms with van der Waals surface area (Å²) in [6, 6.07) is 16.3. The Morgan fingerprint density at radius 1 is 1.14 bits per heavy atom. The molecule has 0 spiro atoms. The van der Waals surface area contributed by atoms with Crippen LogP contribution in [0.1, 0.15) is 23.3 Å². The summed E-state index contributed by atoms with van der Waals surface area (Å²) in [5.74, 6) is -0.0603. The minimum Gasteiger partial charge on any atom is -0.329 e. The minimum absolute atomic E-state index is 0.0603. The Kier molecular flexibility index (Phi) is 5.42. The van der Waals surface area contributed by atoms with Gasteiger partial charge in [0.2, 0.25) is 5.91 Å². The van der Waals surface area contributed by atoms with E-state index in [4.69, 9.17) is 5.73 Å². The molecule has 110 valence electrons. The van der Waals surface area contributed by atoms with Crippen LogP contribution in [0.25, 0.3) is 0 Å². The quantitative estimate of drug-likeness (QED) is 0.827. The third kappa shape index (κ3) is 4.62. The highest BCUT2D eigenvalue weighted by molar-refractivity contribution is 7.99. The predicted octanol–water partition coefficient (Wildman–Crippen LogP) is 3.75. The van der Waals surface area contributed by atoms with Crippen LogP contribution in [0, 0.1) is 6.92 Å². The third-order valence-electron chi connectivity index (χ3n) is 3.12. The molecule has 1 unspecified atom stereocenters. The van der Waals surface area contributed by atoms with Crippen molar-refractivity contribution in [2.75, 3.05) is 11.9 Å². The van der Waals surface area contributed by atoms with E-state index in [2.05, 4.69) is 36.5 Å². The number of nitrogens with one attached hydrogen (secondary N) is 1. The Labute approximate surface area is 129 Å². The largest absolute Gasteiger partial charge is 0.329 e. The van der Waals surface area contributed by atoms with Crippen LogP contribution >= 0.6 is 11.8 Å². The van der Waals surface area contributed by atoms with Crippen LogP contribution < -0.4 is 11.1 Å². The summed E-state index contributed by atoms with van der Waals surface area (Å²) in [6.45, 7) is 4.17. The van der Waals surface area contributed by atoms with Crippen LogP contribution in [0.2, 0.25) is 0 Å². The van der Waals surface area contributed by atoms with Gasteiger partial charge in [-0.15, -0.1) is 11.8 Å². The van der Waals surface area contributed by atoms with E-state index in [-0.39, 0.29) is 11.2 Å². The van der Waals surface area contributed by atoms with Gasteiger partial charge in [0.05, 0.1) is 0 Å². The van der Waals surface area contributed by atoms with Crippen molar-refractivity contribution in [2.45, 2.75) is 24.0 Å². The second-order valence-electron chi connectivity index (χ2n) is 4.96. The zero-order valence-corrected chi connectivity index (χ0v) is 13.1. The number of amides is 1. The van der Waals surface area contributed by atoms with Crippen LogP contribution in [-0.4, -0.2) is 12.5 Å². The molecule has 0 saturated heterocycles. The highest BCUT2D eigenvalue weighted by Crippen LogP contribution is 2.34. The molecule has 0 aliphatic heterocycles. The van der Waals surface area contributed by atoms with Crippen molar-refractivity contribution in [1.82, 2.24) is 0 Å². The molecule has 21 heavy (non-hydrogen) atoms. The van der Waals surface area contributed by atoms with Crippen LogP contribution in [0.15, 0.2) is 53.4 Å². The van der Waals surface area contributed by atoms with Gasteiger partial charge in [0, 0.05) is 29.3 Å². The summed E-state index contributed by atoms with van der Waals surface area (Å²) in [5, 5.41) is 3.00. The van der Waals surface area contributed by atoms with E-state index >= 15 is 0 Å². The van der Waals surface area contributed by atoms with Crippen molar-refractivity contribution in [3.63, 3.8) is 0 Å². The van der Waals surface area contributed by atoms with Gasteiger partial charge in [0.15, 0.2) is 0 Å². The van der Waals surface area contributed by atoms with Crippen LogP contribution in [0.5, 0.6) is 0 Å². The van der Waals surface area contributed by atoms with Gasteiger partial charge in [-0.2, -0.15) is 0 Å². The van der Waals surface area contributed by atoms with Crippen LogP contribution in [-0.2, 0) is 4.79 Å². The number of carbonyl (C=O) groups is 1. The number of hydrogen-bond acceptors (Lipinski definition) is 3. The summed E-state index contributed by atoms with van der Waals surface area (Å²) in [5.41, 5.74) is 9.20. The zero-order valence-electron chi connectivity index (χ0n) is 12.3. The first-order chi connectivity index (χ1) is 10.1. The molecule has 0 heterocycles. The zero-order chi connectivity index (χ0) is 15.2. The number of thioether (sulfide) groups is 1. The van der Waals surface area contributed by atoms with Crippen LogP contribution in [0.4, 0.5) is 5.69 Å². The molecule has 2 aromatic rings. The molecule has 2 rings (SSSR count). The maximum Gasteiger partial charge on any atom is 0.221 e. The second-order valence-corrected chi connectivity index (χ2v) is 6.23. The van der Waals surface area contributed by atoms with Crippen molar-refractivity contribution in [3.05, 3.63) is 59.7 Å². The van der Waals surface area contributed by atoms with Crippen molar-refractivity contribution in [2.24, 2.45) is 5.73 Å². The molecule has 0 aliphatic carbocycles. The Bertz CT molecular complexity index is 593. The fourth-order valence-electron chi connectivity index (χ4n) is 2.02. The molecule has 3 N–H and O–H groups in total. The van der Waals surface area contributed by atoms with Gasteiger partial charge in [0.25, 0.3) is 0 Å². The lowest BCUT2D eigenvalue weighted by molar-refractivity contribution is -0.114. The van der Waals surface area contributed by atoms with Gasteiger partial charge in [-0.3, -0.25) is 4.79 Å². The smallest absolute Gasteiger partial charge is 0.221 e. The first-order valence-electron chi connectivity index (χ1n) is 6.89. The van der Waals surface area contributed by atoms with Crippen molar-refractivity contribution < 1.29 is 4.79 Å². The number of rotatable bonds is 5. The first-order valence-corrected chi connectivity index (χ1v) is 7.77. The minimum atomic E-state index is -0.0603. The van der Waals surface area contributed by atoms with Gasteiger partial charge in [-0.25, -0.2) is 0 Å². The summed E-state index contributed by atoms with van der Waals surface area (Å²) < 4.78 is 0. The second kappa shape index (κ2) is 7.29. The molecule has 0 aliphatic rings. The molecule has 4 heteroatoms. The van der Waals surface area contributed by atoms with E-state index < -0.39 is 0 Å². The fourth-order valence-corrected chi connectivity index (χ4v) is 3.03. The average Bonchev–Trinajstić information content (AvgIpc) is 2.47. The number of anilines is 1. The maximum atomic E-state index is 11.0. The molecular formula is C17H20N2OS. The topological polar surface area (TPSA) is 55.1 Å².